The zero-order chi connectivity index (χ0) is 34.4. The van der Waals surface area contributed by atoms with Gasteiger partial charge in [0.25, 0.3) is 0 Å². The number of hydrogen-bond donors (Lipinski definition) is 2. The lowest BCUT2D eigenvalue weighted by molar-refractivity contribution is 0.555. The number of fused-ring (bicyclic) bond motifs is 5. The summed E-state index contributed by atoms with van der Waals surface area (Å²) in [5.74, 6) is 0. The molecule has 248 valence electrons. The predicted molar refractivity (Wildman–Crippen MR) is 217 cm³/mol. The molecule has 0 saturated carbocycles. The molecule has 1 aliphatic carbocycles. The molecule has 7 aromatic carbocycles. The van der Waals surface area contributed by atoms with Gasteiger partial charge in [0.05, 0.1) is 29.2 Å². The average molecular weight is 670 g/mol. The fourth-order valence-electron chi connectivity index (χ4n) is 7.79. The van der Waals surface area contributed by atoms with E-state index in [9.17, 15) is 0 Å². The first kappa shape index (κ1) is 30.1. The van der Waals surface area contributed by atoms with E-state index in [1.165, 1.54) is 10.8 Å². The third kappa shape index (κ3) is 5.16. The molecule has 4 heteroatoms. The number of furan rings is 1. The predicted octanol–water partition coefficient (Wildman–Crippen LogP) is 11.8. The smallest absolute Gasteiger partial charge is 0.160 e. The summed E-state index contributed by atoms with van der Waals surface area (Å²) < 4.78 is 6.81. The fraction of sp³-hybridized carbons (Fsp3) is 0.0417. The molecule has 0 bridgehead atoms. The lowest BCUT2D eigenvalue weighted by atomic mass is 9.93. The van der Waals surface area contributed by atoms with E-state index in [0.717, 1.165) is 72.6 Å². The highest BCUT2D eigenvalue weighted by Gasteiger charge is 2.28. The van der Waals surface area contributed by atoms with Gasteiger partial charge >= 0.3 is 0 Å². The van der Waals surface area contributed by atoms with Gasteiger partial charge in [0.15, 0.2) is 5.58 Å². The SMILES string of the molecule is C1=CC2NC(c3ccccc3)=C(c3ccc(-c4ccc(N(c5ccccc5)c5ccc6ccccc6c5)c5oc6ccccc6c45)cc3)NC2C=C1. The van der Waals surface area contributed by atoms with E-state index in [2.05, 4.69) is 198 Å². The largest absolute Gasteiger partial charge is 0.454 e. The molecule has 2 aliphatic rings. The molecule has 8 aromatic rings. The number of nitrogens with zero attached hydrogens (tertiary/aromatic N) is 1. The zero-order valence-electron chi connectivity index (χ0n) is 28.4. The van der Waals surface area contributed by atoms with Crippen LogP contribution in [0.15, 0.2) is 193 Å². The molecule has 4 nitrogen and oxygen atoms in total. The monoisotopic (exact) mass is 669 g/mol. The van der Waals surface area contributed by atoms with Crippen molar-refractivity contribution in [3.05, 3.63) is 199 Å². The van der Waals surface area contributed by atoms with E-state index in [1.807, 2.05) is 6.07 Å². The van der Waals surface area contributed by atoms with E-state index < -0.39 is 0 Å². The topological polar surface area (TPSA) is 40.4 Å². The Bertz CT molecular complexity index is 2690. The van der Waals surface area contributed by atoms with Gasteiger partial charge in [-0.3, -0.25) is 0 Å². The summed E-state index contributed by atoms with van der Waals surface area (Å²) in [6.07, 6.45) is 8.69. The molecule has 0 amide bonds. The molecule has 0 fully saturated rings. The summed E-state index contributed by atoms with van der Waals surface area (Å²) in [6, 6.07) is 58.5. The van der Waals surface area contributed by atoms with E-state index in [1.54, 1.807) is 0 Å². The summed E-state index contributed by atoms with van der Waals surface area (Å²) in [6.45, 7) is 0. The highest BCUT2D eigenvalue weighted by Crippen LogP contribution is 2.46. The van der Waals surface area contributed by atoms with Gasteiger partial charge in [-0.05, 0) is 69.4 Å². The van der Waals surface area contributed by atoms with Crippen LogP contribution < -0.4 is 15.5 Å². The number of anilines is 3. The Morgan fingerprint density at radius 3 is 1.85 bits per heavy atom. The second-order valence-electron chi connectivity index (χ2n) is 13.4. The molecule has 2 N–H and O–H groups in total. The van der Waals surface area contributed by atoms with Crippen molar-refractivity contribution in [2.75, 3.05) is 4.90 Å². The molecule has 1 aliphatic heterocycles. The van der Waals surface area contributed by atoms with E-state index in [-0.39, 0.29) is 12.1 Å². The molecule has 10 rings (SSSR count). The standard InChI is InChI=1S/C48H35N3O/c1-3-14-34(15-4-1)46-47(50-42-21-11-10-20-41(42)49-46)35-25-23-33(24-26-35)39-29-30-43(48-45(39)40-19-9-12-22-44(40)52-48)51(37-17-5-2-6-18-37)38-28-27-32-13-7-8-16-36(32)31-38/h1-31,41-42,49-50H. The minimum absolute atomic E-state index is 0.173. The van der Waals surface area contributed by atoms with Crippen molar-refractivity contribution in [1.29, 1.82) is 0 Å². The second-order valence-corrected chi connectivity index (χ2v) is 13.4. The van der Waals surface area contributed by atoms with Crippen molar-refractivity contribution < 1.29 is 4.42 Å². The normalized spacial score (nSPS) is 16.5. The fourth-order valence-corrected chi connectivity index (χ4v) is 7.79. The van der Waals surface area contributed by atoms with Crippen LogP contribution in [-0.4, -0.2) is 12.1 Å². The van der Waals surface area contributed by atoms with E-state index >= 15 is 0 Å². The van der Waals surface area contributed by atoms with Crippen molar-refractivity contribution in [3.8, 4) is 11.1 Å². The number of rotatable bonds is 6. The maximum absolute atomic E-state index is 6.81. The molecule has 0 saturated heterocycles. The van der Waals surface area contributed by atoms with Crippen LogP contribution in [0.2, 0.25) is 0 Å². The molecule has 0 spiro atoms. The van der Waals surface area contributed by atoms with Crippen LogP contribution in [0.3, 0.4) is 0 Å². The summed E-state index contributed by atoms with van der Waals surface area (Å²) >= 11 is 0. The molecular formula is C48H35N3O. The van der Waals surface area contributed by atoms with Crippen LogP contribution in [0, 0.1) is 0 Å². The molecule has 0 radical (unpaired) electrons. The van der Waals surface area contributed by atoms with Crippen molar-refractivity contribution in [2.45, 2.75) is 12.1 Å². The summed E-state index contributed by atoms with van der Waals surface area (Å²) in [7, 11) is 0. The molecule has 2 heterocycles. The van der Waals surface area contributed by atoms with E-state index in [4.69, 9.17) is 4.42 Å². The van der Waals surface area contributed by atoms with Crippen LogP contribution in [0.5, 0.6) is 0 Å². The highest BCUT2D eigenvalue weighted by molar-refractivity contribution is 6.17. The van der Waals surface area contributed by atoms with Gasteiger partial charge in [-0.1, -0.05) is 152 Å². The van der Waals surface area contributed by atoms with Gasteiger partial charge in [0, 0.05) is 22.1 Å². The number of para-hydroxylation sites is 2. The third-order valence-electron chi connectivity index (χ3n) is 10.3. The van der Waals surface area contributed by atoms with Gasteiger partial charge in [0.2, 0.25) is 0 Å². The van der Waals surface area contributed by atoms with Crippen LogP contribution in [0.1, 0.15) is 11.1 Å². The Balaban J connectivity index is 1.12. The Hall–Kier alpha value is -6.78. The lowest BCUT2D eigenvalue weighted by Crippen LogP contribution is -2.50. The molecule has 2 unspecified atom stereocenters. The first-order chi connectivity index (χ1) is 25.8. The Morgan fingerprint density at radius 1 is 0.481 bits per heavy atom. The van der Waals surface area contributed by atoms with Crippen molar-refractivity contribution in [2.24, 2.45) is 0 Å². The number of nitrogens with one attached hydrogen (secondary N) is 2. The molecular weight excluding hydrogens is 635 g/mol. The van der Waals surface area contributed by atoms with Gasteiger partial charge in [-0.25, -0.2) is 0 Å². The maximum Gasteiger partial charge on any atom is 0.160 e. The summed E-state index contributed by atoms with van der Waals surface area (Å²) in [5, 5.41) is 12.3. The van der Waals surface area contributed by atoms with Gasteiger partial charge in [-0.15, -0.1) is 0 Å². The number of benzene rings is 7. The van der Waals surface area contributed by atoms with Crippen LogP contribution in [0.25, 0.3) is 55.2 Å². The van der Waals surface area contributed by atoms with Gasteiger partial charge < -0.3 is 20.0 Å². The van der Waals surface area contributed by atoms with Crippen molar-refractivity contribution in [3.63, 3.8) is 0 Å². The second kappa shape index (κ2) is 12.5. The lowest BCUT2D eigenvalue weighted by Gasteiger charge is -2.36. The molecule has 2 atom stereocenters. The van der Waals surface area contributed by atoms with Crippen LogP contribution in [0.4, 0.5) is 17.1 Å². The molecule has 1 aromatic heterocycles. The summed E-state index contributed by atoms with van der Waals surface area (Å²) in [4.78, 5) is 2.31. The first-order valence-electron chi connectivity index (χ1n) is 17.9. The van der Waals surface area contributed by atoms with Gasteiger partial charge in [0.1, 0.15) is 5.58 Å². The van der Waals surface area contributed by atoms with Crippen molar-refractivity contribution in [1.82, 2.24) is 10.6 Å². The maximum atomic E-state index is 6.81. The van der Waals surface area contributed by atoms with Crippen LogP contribution >= 0.6 is 0 Å². The number of hydrogen-bond acceptors (Lipinski definition) is 4. The third-order valence-corrected chi connectivity index (χ3v) is 10.3. The Morgan fingerprint density at radius 2 is 1.10 bits per heavy atom. The Kier molecular flexibility index (Phi) is 7.24. The zero-order valence-corrected chi connectivity index (χ0v) is 28.4. The van der Waals surface area contributed by atoms with Crippen molar-refractivity contribution >= 4 is 61.2 Å². The Labute approximate surface area is 302 Å². The highest BCUT2D eigenvalue weighted by atomic mass is 16.3. The minimum Gasteiger partial charge on any atom is -0.454 e. The molecule has 52 heavy (non-hydrogen) atoms. The number of allylic oxidation sites excluding steroid dienone is 2. The van der Waals surface area contributed by atoms with Gasteiger partial charge in [-0.2, -0.15) is 0 Å². The van der Waals surface area contributed by atoms with Crippen LogP contribution in [-0.2, 0) is 0 Å². The summed E-state index contributed by atoms with van der Waals surface area (Å²) in [5.41, 5.74) is 11.6. The van der Waals surface area contributed by atoms with E-state index in [0.29, 0.717) is 0 Å². The average Bonchev–Trinajstić information content (AvgIpc) is 3.61. The quantitative estimate of drug-likeness (QED) is 0.185. The minimum atomic E-state index is 0.173. The first-order valence-corrected chi connectivity index (χ1v) is 17.9.